The number of sulfonamides is 1. The fourth-order valence-electron chi connectivity index (χ4n) is 1.82. The normalized spacial score (nSPS) is 12.2. The maximum Gasteiger partial charge on any atom is 0.252 e. The van der Waals surface area contributed by atoms with Crippen molar-refractivity contribution in [3.05, 3.63) is 34.5 Å². The van der Waals surface area contributed by atoms with Gasteiger partial charge in [-0.3, -0.25) is 4.68 Å². The molecule has 0 saturated carbocycles. The molecular weight excluding hydrogens is 298 g/mol. The lowest BCUT2D eigenvalue weighted by Gasteiger charge is -2.14. The van der Waals surface area contributed by atoms with Crippen molar-refractivity contribution in [3.63, 3.8) is 0 Å². The van der Waals surface area contributed by atoms with E-state index < -0.39 is 10.0 Å². The highest BCUT2D eigenvalue weighted by molar-refractivity contribution is 7.91. The first-order chi connectivity index (χ1) is 9.34. The van der Waals surface area contributed by atoms with Crippen LogP contribution in [0.3, 0.4) is 0 Å². The third-order valence-corrected chi connectivity index (χ3v) is 6.44. The van der Waals surface area contributed by atoms with E-state index in [2.05, 4.69) is 5.10 Å². The van der Waals surface area contributed by atoms with Crippen molar-refractivity contribution in [2.75, 3.05) is 7.05 Å². The zero-order valence-corrected chi connectivity index (χ0v) is 13.2. The van der Waals surface area contributed by atoms with E-state index in [0.29, 0.717) is 4.88 Å². The molecular formula is C12H17N3O3S2. The van der Waals surface area contributed by atoms with Gasteiger partial charge >= 0.3 is 0 Å². The van der Waals surface area contributed by atoms with Crippen LogP contribution in [0, 0.1) is 6.92 Å². The van der Waals surface area contributed by atoms with Crippen LogP contribution < -0.4 is 0 Å². The largest absolute Gasteiger partial charge is 0.391 e. The molecule has 0 aliphatic rings. The molecule has 1 N–H and O–H groups in total. The minimum absolute atomic E-state index is 0.141. The summed E-state index contributed by atoms with van der Waals surface area (Å²) in [6.07, 6.45) is 3.43. The zero-order valence-electron chi connectivity index (χ0n) is 11.6. The van der Waals surface area contributed by atoms with Gasteiger partial charge in [0.25, 0.3) is 10.0 Å². The van der Waals surface area contributed by atoms with Gasteiger partial charge in [-0.25, -0.2) is 8.42 Å². The molecule has 0 fully saturated rings. The van der Waals surface area contributed by atoms with Crippen LogP contribution in [-0.2, 0) is 30.2 Å². The molecule has 0 aliphatic heterocycles. The lowest BCUT2D eigenvalue weighted by atomic mass is 10.3. The number of rotatable bonds is 5. The first kappa shape index (κ1) is 15.2. The van der Waals surface area contributed by atoms with Gasteiger partial charge in [-0.15, -0.1) is 11.3 Å². The summed E-state index contributed by atoms with van der Waals surface area (Å²) in [6, 6.07) is 1.60. The van der Waals surface area contributed by atoms with Crippen molar-refractivity contribution in [2.45, 2.75) is 24.3 Å². The van der Waals surface area contributed by atoms with E-state index in [1.807, 2.05) is 0 Å². The van der Waals surface area contributed by atoms with Crippen molar-refractivity contribution in [2.24, 2.45) is 7.05 Å². The van der Waals surface area contributed by atoms with Crippen molar-refractivity contribution in [1.29, 1.82) is 0 Å². The highest BCUT2D eigenvalue weighted by Crippen LogP contribution is 2.28. The van der Waals surface area contributed by atoms with E-state index in [1.165, 1.54) is 11.4 Å². The number of aliphatic hydroxyl groups excluding tert-OH is 1. The molecule has 0 aliphatic carbocycles. The molecule has 0 saturated heterocycles. The summed E-state index contributed by atoms with van der Waals surface area (Å²) in [5, 5.41) is 13.2. The van der Waals surface area contributed by atoms with Crippen LogP contribution in [-0.4, -0.2) is 34.7 Å². The van der Waals surface area contributed by atoms with Crippen molar-refractivity contribution >= 4 is 21.4 Å². The van der Waals surface area contributed by atoms with Crippen molar-refractivity contribution in [1.82, 2.24) is 14.1 Å². The first-order valence-electron chi connectivity index (χ1n) is 5.98. The van der Waals surface area contributed by atoms with Gasteiger partial charge in [0.15, 0.2) is 0 Å². The summed E-state index contributed by atoms with van der Waals surface area (Å²) in [4.78, 5) is 0.679. The molecule has 0 unspecified atom stereocenters. The lowest BCUT2D eigenvalue weighted by Crippen LogP contribution is -2.25. The summed E-state index contributed by atoms with van der Waals surface area (Å²) < 4.78 is 28.1. The van der Waals surface area contributed by atoms with Crippen LogP contribution >= 0.6 is 11.3 Å². The van der Waals surface area contributed by atoms with Crippen LogP contribution in [0.25, 0.3) is 0 Å². The smallest absolute Gasteiger partial charge is 0.252 e. The second kappa shape index (κ2) is 5.65. The van der Waals surface area contributed by atoms with E-state index in [0.717, 1.165) is 22.5 Å². The van der Waals surface area contributed by atoms with Gasteiger partial charge in [0.05, 0.1) is 12.8 Å². The molecule has 0 bridgehead atoms. The zero-order chi connectivity index (χ0) is 14.9. The summed E-state index contributed by atoms with van der Waals surface area (Å²) in [5.41, 5.74) is 1.63. The fraction of sp³-hybridized carbons (Fsp3) is 0.417. The summed E-state index contributed by atoms with van der Waals surface area (Å²) in [5.74, 6) is 0. The van der Waals surface area contributed by atoms with E-state index in [4.69, 9.17) is 5.11 Å². The number of aromatic nitrogens is 2. The molecule has 110 valence electrons. The predicted octanol–water partition coefficient (Wildman–Crippen LogP) is 1.10. The molecule has 0 aromatic carbocycles. The molecule has 2 aromatic rings. The number of nitrogens with zero attached hydrogens (tertiary/aromatic N) is 3. The Bertz CT molecular complexity index is 703. The number of hydrogen-bond acceptors (Lipinski definition) is 5. The Kier molecular flexibility index (Phi) is 4.28. The number of thiophene rings is 1. The SMILES string of the molecule is Cc1cc(S(=O)(=O)N(C)Cc2cnn(C)c2)sc1CO. The summed E-state index contributed by atoms with van der Waals surface area (Å²) >= 11 is 1.11. The average Bonchev–Trinajstić information content (AvgIpc) is 2.95. The first-order valence-corrected chi connectivity index (χ1v) is 8.24. The Morgan fingerprint density at radius 3 is 2.70 bits per heavy atom. The maximum absolute atomic E-state index is 12.5. The van der Waals surface area contributed by atoms with Gasteiger partial charge in [-0.1, -0.05) is 0 Å². The Morgan fingerprint density at radius 2 is 2.20 bits per heavy atom. The Morgan fingerprint density at radius 1 is 1.50 bits per heavy atom. The quantitative estimate of drug-likeness (QED) is 0.896. The molecule has 20 heavy (non-hydrogen) atoms. The van der Waals surface area contributed by atoms with Crippen LogP contribution in [0.1, 0.15) is 16.0 Å². The van der Waals surface area contributed by atoms with Crippen LogP contribution in [0.15, 0.2) is 22.7 Å². The minimum Gasteiger partial charge on any atom is -0.391 e. The Hall–Kier alpha value is -1.22. The standard InChI is InChI=1S/C12H17N3O3S2/c1-9-4-12(19-11(9)8-16)20(17,18)15(3)7-10-5-13-14(2)6-10/h4-6,16H,7-8H2,1-3H3. The molecule has 6 nitrogen and oxygen atoms in total. The van der Waals surface area contributed by atoms with Gasteiger partial charge in [-0.2, -0.15) is 9.40 Å². The number of hydrogen-bond donors (Lipinski definition) is 1. The topological polar surface area (TPSA) is 75.4 Å². The highest BCUT2D eigenvalue weighted by Gasteiger charge is 2.24. The van der Waals surface area contributed by atoms with E-state index in [1.54, 1.807) is 37.1 Å². The molecule has 2 rings (SSSR count). The molecule has 0 spiro atoms. The molecule has 2 aromatic heterocycles. The lowest BCUT2D eigenvalue weighted by molar-refractivity contribution is 0.285. The predicted molar refractivity (Wildman–Crippen MR) is 76.8 cm³/mol. The maximum atomic E-state index is 12.5. The molecule has 0 atom stereocenters. The minimum atomic E-state index is -3.54. The van der Waals surface area contributed by atoms with E-state index >= 15 is 0 Å². The second-order valence-electron chi connectivity index (χ2n) is 4.61. The van der Waals surface area contributed by atoms with Gasteiger partial charge in [-0.05, 0) is 18.6 Å². The third kappa shape index (κ3) is 2.93. The van der Waals surface area contributed by atoms with Crippen molar-refractivity contribution < 1.29 is 13.5 Å². The van der Waals surface area contributed by atoms with Crippen LogP contribution in [0.2, 0.25) is 0 Å². The van der Waals surface area contributed by atoms with E-state index in [-0.39, 0.29) is 17.4 Å². The Balaban J connectivity index is 2.24. The second-order valence-corrected chi connectivity index (χ2v) is 8.02. The average molecular weight is 315 g/mol. The monoisotopic (exact) mass is 315 g/mol. The van der Waals surface area contributed by atoms with E-state index in [9.17, 15) is 8.42 Å². The summed E-state index contributed by atoms with van der Waals surface area (Å²) in [6.45, 7) is 1.92. The molecule has 0 radical (unpaired) electrons. The summed E-state index contributed by atoms with van der Waals surface area (Å²) in [7, 11) is -0.212. The molecule has 2 heterocycles. The van der Waals surface area contributed by atoms with Gasteiger partial charge in [0.2, 0.25) is 0 Å². The van der Waals surface area contributed by atoms with Crippen molar-refractivity contribution in [3.8, 4) is 0 Å². The molecule has 8 heteroatoms. The molecule has 0 amide bonds. The highest BCUT2D eigenvalue weighted by atomic mass is 32.2. The van der Waals surface area contributed by atoms with Crippen LogP contribution in [0.4, 0.5) is 0 Å². The number of aliphatic hydroxyl groups is 1. The number of aryl methyl sites for hydroxylation is 2. The fourth-order valence-corrected chi connectivity index (χ4v) is 4.64. The van der Waals surface area contributed by atoms with Gasteiger partial charge in [0, 0.05) is 37.3 Å². The Labute approximate surface area is 122 Å². The van der Waals surface area contributed by atoms with Crippen LogP contribution in [0.5, 0.6) is 0 Å². The third-order valence-electron chi connectivity index (χ3n) is 2.97. The van der Waals surface area contributed by atoms with Gasteiger partial charge in [0.1, 0.15) is 4.21 Å². The van der Waals surface area contributed by atoms with Gasteiger partial charge < -0.3 is 5.11 Å².